The summed E-state index contributed by atoms with van der Waals surface area (Å²) in [7, 11) is 0. The molecule has 0 bridgehead atoms. The van der Waals surface area contributed by atoms with Crippen LogP contribution < -0.4 is 0 Å². The van der Waals surface area contributed by atoms with Crippen molar-refractivity contribution in [2.45, 2.75) is 0 Å². The summed E-state index contributed by atoms with van der Waals surface area (Å²) in [5.74, 6) is -4.60. The number of carboxylic acid groups (broad SMARTS) is 1. The van der Waals surface area contributed by atoms with E-state index in [2.05, 4.69) is 0 Å². The van der Waals surface area contributed by atoms with Gasteiger partial charge in [-0.25, -0.2) is 9.18 Å². The first kappa shape index (κ1) is 10.0. The van der Waals surface area contributed by atoms with E-state index in [9.17, 15) is 23.7 Å². The van der Waals surface area contributed by atoms with Crippen LogP contribution in [0.1, 0.15) is 10.4 Å². The summed E-state index contributed by atoms with van der Waals surface area (Å²) < 4.78 is 25.6. The smallest absolute Gasteiger partial charge is 0.345 e. The third-order valence-electron chi connectivity index (χ3n) is 1.47. The van der Waals surface area contributed by atoms with Crippen LogP contribution in [0.15, 0.2) is 12.1 Å². The first-order chi connectivity index (χ1) is 6.45. The maximum atomic E-state index is 12.8. The topological polar surface area (TPSA) is 80.4 Å². The van der Waals surface area contributed by atoms with Crippen LogP contribution in [-0.2, 0) is 0 Å². The number of hydrogen-bond donors (Lipinski definition) is 1. The molecular weight excluding hydrogens is 200 g/mol. The van der Waals surface area contributed by atoms with Crippen LogP contribution in [0.3, 0.4) is 0 Å². The van der Waals surface area contributed by atoms with Crippen molar-refractivity contribution in [1.29, 1.82) is 0 Å². The van der Waals surface area contributed by atoms with Crippen LogP contribution in [0.4, 0.5) is 14.5 Å². The number of rotatable bonds is 2. The van der Waals surface area contributed by atoms with Gasteiger partial charge in [-0.05, 0) is 12.1 Å². The third-order valence-corrected chi connectivity index (χ3v) is 1.47. The van der Waals surface area contributed by atoms with E-state index >= 15 is 0 Å². The van der Waals surface area contributed by atoms with Gasteiger partial charge in [0.25, 0.3) is 0 Å². The molecule has 0 heterocycles. The second-order valence-corrected chi connectivity index (χ2v) is 2.32. The van der Waals surface area contributed by atoms with Crippen molar-refractivity contribution in [2.75, 3.05) is 0 Å². The molecule has 5 nitrogen and oxygen atoms in total. The average molecular weight is 203 g/mol. The Labute approximate surface area is 75.7 Å². The highest BCUT2D eigenvalue weighted by molar-refractivity contribution is 5.92. The summed E-state index contributed by atoms with van der Waals surface area (Å²) in [6.45, 7) is 0. The fourth-order valence-corrected chi connectivity index (χ4v) is 0.923. The molecule has 1 rings (SSSR count). The normalized spacial score (nSPS) is 9.86. The monoisotopic (exact) mass is 203 g/mol. The van der Waals surface area contributed by atoms with Crippen molar-refractivity contribution >= 4 is 11.7 Å². The number of carboxylic acids is 1. The van der Waals surface area contributed by atoms with Gasteiger partial charge in [-0.2, -0.15) is 4.39 Å². The predicted octanol–water partition coefficient (Wildman–Crippen LogP) is 1.57. The molecule has 0 radical (unpaired) electrons. The highest BCUT2D eigenvalue weighted by Gasteiger charge is 2.28. The van der Waals surface area contributed by atoms with Gasteiger partial charge >= 0.3 is 11.7 Å². The molecule has 0 saturated carbocycles. The molecule has 1 N–H and O–H groups in total. The Balaban J connectivity index is 3.58. The van der Waals surface area contributed by atoms with Crippen molar-refractivity contribution in [3.8, 4) is 0 Å². The van der Waals surface area contributed by atoms with E-state index in [0.29, 0.717) is 12.1 Å². The quantitative estimate of drug-likeness (QED) is 0.584. The molecule has 0 spiro atoms. The maximum Gasteiger partial charge on any atom is 0.345 e. The highest BCUT2D eigenvalue weighted by atomic mass is 19.1. The molecule has 0 unspecified atom stereocenters. The summed E-state index contributed by atoms with van der Waals surface area (Å²) >= 11 is 0. The Hall–Kier alpha value is -2.05. The van der Waals surface area contributed by atoms with E-state index in [1.165, 1.54) is 0 Å². The summed E-state index contributed by atoms with van der Waals surface area (Å²) in [5, 5.41) is 18.6. The van der Waals surface area contributed by atoms with E-state index < -0.39 is 33.8 Å². The molecule has 74 valence electrons. The SMILES string of the molecule is O=C(O)c1c(F)ccc(F)c1[N+](=O)[O-]. The lowest BCUT2D eigenvalue weighted by molar-refractivity contribution is -0.388. The van der Waals surface area contributed by atoms with E-state index in [1.54, 1.807) is 0 Å². The fraction of sp³-hybridized carbons (Fsp3) is 0. The van der Waals surface area contributed by atoms with Gasteiger partial charge < -0.3 is 5.11 Å². The minimum absolute atomic E-state index is 0.500. The average Bonchev–Trinajstić information content (AvgIpc) is 2.07. The molecule has 1 aromatic rings. The Morgan fingerprint density at radius 1 is 1.36 bits per heavy atom. The van der Waals surface area contributed by atoms with Gasteiger partial charge in [0.1, 0.15) is 5.82 Å². The van der Waals surface area contributed by atoms with E-state index in [4.69, 9.17) is 5.11 Å². The minimum Gasteiger partial charge on any atom is -0.477 e. The molecule has 7 heteroatoms. The van der Waals surface area contributed by atoms with Crippen molar-refractivity contribution in [3.05, 3.63) is 39.4 Å². The highest BCUT2D eigenvalue weighted by Crippen LogP contribution is 2.24. The van der Waals surface area contributed by atoms with Gasteiger partial charge in [0.15, 0.2) is 5.56 Å². The molecule has 0 aliphatic rings. The Morgan fingerprint density at radius 3 is 2.21 bits per heavy atom. The molecular formula is C7H3F2NO4. The van der Waals surface area contributed by atoms with Crippen molar-refractivity contribution in [3.63, 3.8) is 0 Å². The number of nitro benzene ring substituents is 1. The van der Waals surface area contributed by atoms with Crippen LogP contribution in [0.2, 0.25) is 0 Å². The number of nitrogens with zero attached hydrogens (tertiary/aromatic N) is 1. The lowest BCUT2D eigenvalue weighted by Gasteiger charge is -1.99. The van der Waals surface area contributed by atoms with Crippen LogP contribution in [0.5, 0.6) is 0 Å². The Bertz CT molecular complexity index is 379. The molecule has 0 saturated heterocycles. The summed E-state index contributed by atoms with van der Waals surface area (Å²) in [4.78, 5) is 19.3. The second-order valence-electron chi connectivity index (χ2n) is 2.32. The van der Waals surface area contributed by atoms with Gasteiger partial charge in [0.2, 0.25) is 5.82 Å². The third kappa shape index (κ3) is 1.51. The van der Waals surface area contributed by atoms with E-state index in [1.807, 2.05) is 0 Å². The molecule has 0 fully saturated rings. The number of benzene rings is 1. The number of nitro groups is 1. The predicted molar refractivity (Wildman–Crippen MR) is 40.0 cm³/mol. The molecule has 14 heavy (non-hydrogen) atoms. The standard InChI is InChI=1S/C7H3F2NO4/c8-3-1-2-4(9)6(10(13)14)5(3)7(11)12/h1-2H,(H,11,12). The van der Waals surface area contributed by atoms with Gasteiger partial charge in [0, 0.05) is 0 Å². The molecule has 0 aliphatic carbocycles. The second kappa shape index (κ2) is 3.36. The van der Waals surface area contributed by atoms with E-state index in [0.717, 1.165) is 0 Å². The fourth-order valence-electron chi connectivity index (χ4n) is 0.923. The van der Waals surface area contributed by atoms with Crippen molar-refractivity contribution < 1.29 is 23.6 Å². The molecule has 0 aliphatic heterocycles. The summed E-state index contributed by atoms with van der Waals surface area (Å²) in [6, 6.07) is 1.02. The zero-order valence-electron chi connectivity index (χ0n) is 6.53. The number of aromatic carboxylic acids is 1. The molecule has 1 aromatic carbocycles. The van der Waals surface area contributed by atoms with Gasteiger partial charge in [-0.15, -0.1) is 0 Å². The molecule has 0 aromatic heterocycles. The zero-order chi connectivity index (χ0) is 10.9. The van der Waals surface area contributed by atoms with Crippen molar-refractivity contribution in [2.24, 2.45) is 0 Å². The molecule has 0 atom stereocenters. The number of halogens is 2. The van der Waals surface area contributed by atoms with Crippen LogP contribution in [-0.4, -0.2) is 16.0 Å². The Kier molecular flexibility index (Phi) is 2.41. The maximum absolute atomic E-state index is 12.8. The lowest BCUT2D eigenvalue weighted by atomic mass is 10.1. The van der Waals surface area contributed by atoms with Gasteiger partial charge in [-0.1, -0.05) is 0 Å². The van der Waals surface area contributed by atoms with Gasteiger partial charge in [0.05, 0.1) is 4.92 Å². The zero-order valence-corrected chi connectivity index (χ0v) is 6.53. The summed E-state index contributed by atoms with van der Waals surface area (Å²) in [5.41, 5.74) is -2.63. The van der Waals surface area contributed by atoms with Crippen molar-refractivity contribution in [1.82, 2.24) is 0 Å². The minimum atomic E-state index is -1.88. The van der Waals surface area contributed by atoms with Gasteiger partial charge in [-0.3, -0.25) is 10.1 Å². The lowest BCUT2D eigenvalue weighted by Crippen LogP contribution is -2.07. The first-order valence-electron chi connectivity index (χ1n) is 3.31. The Morgan fingerprint density at radius 2 is 1.86 bits per heavy atom. The van der Waals surface area contributed by atoms with Crippen LogP contribution in [0.25, 0.3) is 0 Å². The van der Waals surface area contributed by atoms with Crippen LogP contribution >= 0.6 is 0 Å². The first-order valence-corrected chi connectivity index (χ1v) is 3.31. The van der Waals surface area contributed by atoms with Crippen LogP contribution in [0, 0.1) is 21.7 Å². The number of hydrogen-bond acceptors (Lipinski definition) is 3. The summed E-state index contributed by atoms with van der Waals surface area (Å²) in [6.07, 6.45) is 0. The largest absolute Gasteiger partial charge is 0.477 e. The number of carbonyl (C=O) groups is 1. The van der Waals surface area contributed by atoms with E-state index in [-0.39, 0.29) is 0 Å². The molecule has 0 amide bonds.